The fourth-order valence-corrected chi connectivity index (χ4v) is 3.95. The maximum absolute atomic E-state index is 13.2. The molecule has 3 rings (SSSR count). The van der Waals surface area contributed by atoms with E-state index in [1.165, 1.54) is 34.6 Å². The molecule has 1 aromatic heterocycles. The number of amides is 1. The van der Waals surface area contributed by atoms with Crippen LogP contribution in [-0.4, -0.2) is 43.8 Å². The van der Waals surface area contributed by atoms with Gasteiger partial charge in [0.2, 0.25) is 0 Å². The first-order valence-electron chi connectivity index (χ1n) is 7.37. The number of rotatable bonds is 4. The number of aliphatic carboxylic acids is 1. The van der Waals surface area contributed by atoms with Gasteiger partial charge in [0.1, 0.15) is 11.4 Å². The number of nitrogens with zero attached hydrogens (tertiary/aromatic N) is 2. The molecule has 8 heteroatoms. The summed E-state index contributed by atoms with van der Waals surface area (Å²) in [5.41, 5.74) is 0.215. The fourth-order valence-electron chi connectivity index (χ4n) is 2.62. The van der Waals surface area contributed by atoms with Crippen LogP contribution in [0.4, 0.5) is 4.39 Å². The van der Waals surface area contributed by atoms with Crippen molar-refractivity contribution in [3.8, 4) is 5.69 Å². The van der Waals surface area contributed by atoms with Crippen LogP contribution in [0, 0.1) is 12.7 Å². The van der Waals surface area contributed by atoms with Crippen molar-refractivity contribution in [1.29, 1.82) is 0 Å². The van der Waals surface area contributed by atoms with Gasteiger partial charge < -0.3 is 10.4 Å². The lowest BCUT2D eigenvalue weighted by molar-refractivity contribution is -0.143. The first-order chi connectivity index (χ1) is 11.4. The fraction of sp³-hybridized carbons (Fsp3) is 0.312. The van der Waals surface area contributed by atoms with Crippen LogP contribution in [0.2, 0.25) is 0 Å². The maximum atomic E-state index is 13.2. The molecule has 1 aromatic carbocycles. The smallest absolute Gasteiger partial charge is 0.330 e. The van der Waals surface area contributed by atoms with Crippen LogP contribution >= 0.6 is 11.8 Å². The Labute approximate surface area is 142 Å². The number of carboxylic acid groups (broad SMARTS) is 1. The molecule has 0 spiro atoms. The van der Waals surface area contributed by atoms with E-state index in [0.717, 1.165) is 0 Å². The van der Waals surface area contributed by atoms with E-state index in [1.54, 1.807) is 19.2 Å². The van der Waals surface area contributed by atoms with Gasteiger partial charge in [0.05, 0.1) is 5.69 Å². The molecular formula is C16H16FN3O3S. The third kappa shape index (κ3) is 3.01. The molecule has 2 N–H and O–H groups in total. The first kappa shape index (κ1) is 16.5. The van der Waals surface area contributed by atoms with Crippen LogP contribution < -0.4 is 5.32 Å². The highest BCUT2D eigenvalue weighted by atomic mass is 32.2. The normalized spacial score (nSPS) is 20.1. The quantitative estimate of drug-likeness (QED) is 0.882. The van der Waals surface area contributed by atoms with E-state index in [0.29, 0.717) is 29.2 Å². The second kappa shape index (κ2) is 6.27. The second-order valence-electron chi connectivity index (χ2n) is 5.72. The van der Waals surface area contributed by atoms with E-state index in [1.807, 2.05) is 0 Å². The summed E-state index contributed by atoms with van der Waals surface area (Å²) >= 11 is 1.50. The zero-order chi connectivity index (χ0) is 17.3. The summed E-state index contributed by atoms with van der Waals surface area (Å²) in [5, 5.41) is 16.2. The van der Waals surface area contributed by atoms with Gasteiger partial charge in [0.15, 0.2) is 5.69 Å². The SMILES string of the molecule is Cc1cc(F)ccc1-n1ccc(C(=O)NC2(C(=O)O)CCSC2)n1. The first-order valence-corrected chi connectivity index (χ1v) is 8.53. The minimum absolute atomic E-state index is 0.122. The number of carboxylic acids is 1. The number of thioether (sulfide) groups is 1. The van der Waals surface area contributed by atoms with Gasteiger partial charge in [-0.25, -0.2) is 13.9 Å². The van der Waals surface area contributed by atoms with Crippen LogP contribution in [0.5, 0.6) is 0 Å². The molecule has 1 amide bonds. The molecular weight excluding hydrogens is 333 g/mol. The molecule has 1 aliphatic heterocycles. The van der Waals surface area contributed by atoms with Gasteiger partial charge in [-0.05, 0) is 48.9 Å². The number of hydrogen-bond acceptors (Lipinski definition) is 4. The number of carbonyl (C=O) groups excluding carboxylic acids is 1. The number of benzene rings is 1. The molecule has 2 aromatic rings. The summed E-state index contributed by atoms with van der Waals surface area (Å²) in [5.74, 6) is -0.877. The van der Waals surface area contributed by atoms with E-state index >= 15 is 0 Å². The molecule has 1 atom stereocenters. The van der Waals surface area contributed by atoms with Crippen molar-refractivity contribution in [3.05, 3.63) is 47.5 Å². The highest BCUT2D eigenvalue weighted by Gasteiger charge is 2.43. The van der Waals surface area contributed by atoms with Gasteiger partial charge in [-0.2, -0.15) is 16.9 Å². The van der Waals surface area contributed by atoms with E-state index < -0.39 is 17.4 Å². The van der Waals surface area contributed by atoms with Crippen molar-refractivity contribution >= 4 is 23.6 Å². The maximum Gasteiger partial charge on any atom is 0.330 e. The zero-order valence-electron chi connectivity index (χ0n) is 13.0. The van der Waals surface area contributed by atoms with E-state index in [4.69, 9.17) is 0 Å². The molecule has 2 heterocycles. The van der Waals surface area contributed by atoms with Crippen molar-refractivity contribution < 1.29 is 19.1 Å². The minimum atomic E-state index is -1.24. The summed E-state index contributed by atoms with van der Waals surface area (Å²) in [7, 11) is 0. The molecule has 1 fully saturated rings. The third-order valence-corrected chi connectivity index (χ3v) is 5.20. The van der Waals surface area contributed by atoms with Crippen molar-refractivity contribution in [1.82, 2.24) is 15.1 Å². The number of aryl methyl sites for hydroxylation is 1. The minimum Gasteiger partial charge on any atom is -0.479 e. The molecule has 0 radical (unpaired) electrons. The molecule has 0 saturated carbocycles. The topological polar surface area (TPSA) is 84.2 Å². The summed E-state index contributed by atoms with van der Waals surface area (Å²) in [6.07, 6.45) is 1.97. The molecule has 1 aliphatic rings. The van der Waals surface area contributed by atoms with Crippen LogP contribution in [-0.2, 0) is 4.79 Å². The monoisotopic (exact) mass is 349 g/mol. The molecule has 1 saturated heterocycles. The number of hydrogen-bond donors (Lipinski definition) is 2. The lowest BCUT2D eigenvalue weighted by atomic mass is 9.99. The Hall–Kier alpha value is -2.35. The highest BCUT2D eigenvalue weighted by molar-refractivity contribution is 7.99. The van der Waals surface area contributed by atoms with Crippen LogP contribution in [0.15, 0.2) is 30.5 Å². The Morgan fingerprint density at radius 1 is 1.42 bits per heavy atom. The number of halogens is 1. The Morgan fingerprint density at radius 3 is 2.83 bits per heavy atom. The van der Waals surface area contributed by atoms with E-state index in [-0.39, 0.29) is 11.5 Å². The molecule has 0 aliphatic carbocycles. The average Bonchev–Trinajstić information content (AvgIpc) is 3.17. The van der Waals surface area contributed by atoms with Gasteiger partial charge in [0.25, 0.3) is 5.91 Å². The van der Waals surface area contributed by atoms with Crippen LogP contribution in [0.25, 0.3) is 5.69 Å². The van der Waals surface area contributed by atoms with E-state index in [9.17, 15) is 19.1 Å². The van der Waals surface area contributed by atoms with Gasteiger partial charge >= 0.3 is 5.97 Å². The Kier molecular flexibility index (Phi) is 4.31. The number of nitrogens with one attached hydrogen (secondary N) is 1. The third-order valence-electron chi connectivity index (χ3n) is 4.01. The standard InChI is InChI=1S/C16H16FN3O3S/c1-10-8-11(17)2-3-13(10)20-6-4-12(19-20)14(21)18-16(15(22)23)5-7-24-9-16/h2-4,6,8H,5,7,9H2,1H3,(H,18,21)(H,22,23). The van der Waals surface area contributed by atoms with Gasteiger partial charge in [-0.1, -0.05) is 0 Å². The second-order valence-corrected chi connectivity index (χ2v) is 6.83. The zero-order valence-corrected chi connectivity index (χ0v) is 13.8. The van der Waals surface area contributed by atoms with Crippen molar-refractivity contribution in [3.63, 3.8) is 0 Å². The molecule has 6 nitrogen and oxygen atoms in total. The summed E-state index contributed by atoms with van der Waals surface area (Å²) in [4.78, 5) is 23.9. The summed E-state index contributed by atoms with van der Waals surface area (Å²) in [6, 6.07) is 5.78. The van der Waals surface area contributed by atoms with Crippen molar-refractivity contribution in [2.24, 2.45) is 0 Å². The Balaban J connectivity index is 1.82. The number of carbonyl (C=O) groups is 2. The summed E-state index contributed by atoms with van der Waals surface area (Å²) < 4.78 is 14.7. The Morgan fingerprint density at radius 2 is 2.21 bits per heavy atom. The summed E-state index contributed by atoms with van der Waals surface area (Å²) in [6.45, 7) is 1.75. The largest absolute Gasteiger partial charge is 0.479 e. The van der Waals surface area contributed by atoms with E-state index in [2.05, 4.69) is 10.4 Å². The molecule has 24 heavy (non-hydrogen) atoms. The molecule has 0 bridgehead atoms. The predicted octanol–water partition coefficient (Wildman–Crippen LogP) is 2.01. The van der Waals surface area contributed by atoms with Gasteiger partial charge in [-0.3, -0.25) is 4.79 Å². The van der Waals surface area contributed by atoms with Crippen LogP contribution in [0.3, 0.4) is 0 Å². The van der Waals surface area contributed by atoms with Gasteiger partial charge in [0, 0.05) is 11.9 Å². The van der Waals surface area contributed by atoms with Crippen LogP contribution in [0.1, 0.15) is 22.5 Å². The lowest BCUT2D eigenvalue weighted by Crippen LogP contribution is -2.54. The average molecular weight is 349 g/mol. The number of aromatic nitrogens is 2. The van der Waals surface area contributed by atoms with Gasteiger partial charge in [-0.15, -0.1) is 0 Å². The van der Waals surface area contributed by atoms with Crippen molar-refractivity contribution in [2.45, 2.75) is 18.9 Å². The molecule has 1 unspecified atom stereocenters. The highest BCUT2D eigenvalue weighted by Crippen LogP contribution is 2.28. The molecule has 126 valence electrons. The lowest BCUT2D eigenvalue weighted by Gasteiger charge is -2.23. The predicted molar refractivity (Wildman–Crippen MR) is 88.0 cm³/mol. The Bertz CT molecular complexity index is 800. The van der Waals surface area contributed by atoms with Crippen molar-refractivity contribution in [2.75, 3.05) is 11.5 Å².